The Labute approximate surface area is 84.9 Å². The van der Waals surface area contributed by atoms with Crippen LogP contribution in [0.4, 0.5) is 0 Å². The van der Waals surface area contributed by atoms with Gasteiger partial charge in [-0.15, -0.1) is 0 Å². The fourth-order valence-electron chi connectivity index (χ4n) is 0.743. The molecule has 0 aromatic heterocycles. The highest BCUT2D eigenvalue weighted by molar-refractivity contribution is 5.77. The highest BCUT2D eigenvalue weighted by Gasteiger charge is 1.96. The van der Waals surface area contributed by atoms with Gasteiger partial charge in [-0.05, 0) is 12.2 Å². The molecule has 0 aliphatic rings. The van der Waals surface area contributed by atoms with Crippen LogP contribution in [0.5, 0.6) is 0 Å². The van der Waals surface area contributed by atoms with Crippen molar-refractivity contribution in [3.05, 3.63) is 49.2 Å². The molecule has 0 atom stereocenters. The van der Waals surface area contributed by atoms with Gasteiger partial charge < -0.3 is 10.6 Å². The van der Waals surface area contributed by atoms with Crippen molar-refractivity contribution in [2.45, 2.75) is 0 Å². The molecule has 0 aliphatic heterocycles. The third kappa shape index (κ3) is 5.83. The van der Waals surface area contributed by atoms with Crippen molar-refractivity contribution >= 4 is 5.91 Å². The standard InChI is InChI=1S/C11H16N2O/c1-4-6-8-10(7-5-2)13-9-11(14)12-3/h4-8,13H,1-2,9H2,3H3,(H,12,14)/b8-6-,10-7+. The largest absolute Gasteiger partial charge is 0.376 e. The van der Waals surface area contributed by atoms with Gasteiger partial charge in [0, 0.05) is 12.7 Å². The van der Waals surface area contributed by atoms with E-state index >= 15 is 0 Å². The summed E-state index contributed by atoms with van der Waals surface area (Å²) < 4.78 is 0. The molecular weight excluding hydrogens is 176 g/mol. The molecule has 0 aliphatic carbocycles. The van der Waals surface area contributed by atoms with E-state index in [1.165, 1.54) is 0 Å². The van der Waals surface area contributed by atoms with Gasteiger partial charge >= 0.3 is 0 Å². The lowest BCUT2D eigenvalue weighted by molar-refractivity contribution is -0.119. The van der Waals surface area contributed by atoms with Gasteiger partial charge in [0.25, 0.3) is 0 Å². The Morgan fingerprint density at radius 1 is 1.36 bits per heavy atom. The number of rotatable bonds is 6. The van der Waals surface area contributed by atoms with Gasteiger partial charge in [0.2, 0.25) is 5.91 Å². The maximum absolute atomic E-state index is 10.9. The second kappa shape index (κ2) is 7.86. The minimum Gasteiger partial charge on any atom is -0.376 e. The van der Waals surface area contributed by atoms with Gasteiger partial charge in [-0.3, -0.25) is 4.79 Å². The number of amides is 1. The molecule has 2 N–H and O–H groups in total. The van der Waals surface area contributed by atoms with E-state index in [4.69, 9.17) is 0 Å². The number of allylic oxidation sites excluding steroid dienone is 5. The van der Waals surface area contributed by atoms with Gasteiger partial charge in [-0.25, -0.2) is 0 Å². The fraction of sp³-hybridized carbons (Fsp3) is 0.182. The van der Waals surface area contributed by atoms with Crippen molar-refractivity contribution in [3.63, 3.8) is 0 Å². The van der Waals surface area contributed by atoms with Crippen LogP contribution in [0.15, 0.2) is 49.2 Å². The molecule has 3 heteroatoms. The summed E-state index contributed by atoms with van der Waals surface area (Å²) in [6, 6.07) is 0. The number of carbonyl (C=O) groups is 1. The normalized spacial score (nSPS) is 11.1. The first-order valence-electron chi connectivity index (χ1n) is 4.31. The number of hydrogen-bond donors (Lipinski definition) is 2. The first kappa shape index (κ1) is 12.2. The summed E-state index contributed by atoms with van der Waals surface area (Å²) in [5.41, 5.74) is 0.823. The number of hydrogen-bond acceptors (Lipinski definition) is 2. The van der Waals surface area contributed by atoms with E-state index in [1.807, 2.05) is 6.08 Å². The molecule has 0 fully saturated rings. The molecule has 3 nitrogen and oxygen atoms in total. The van der Waals surface area contributed by atoms with Gasteiger partial charge in [0.05, 0.1) is 6.54 Å². The first-order chi connectivity index (χ1) is 6.74. The maximum Gasteiger partial charge on any atom is 0.239 e. The smallest absolute Gasteiger partial charge is 0.239 e. The Morgan fingerprint density at radius 3 is 2.57 bits per heavy atom. The molecular formula is C11H16N2O. The lowest BCUT2D eigenvalue weighted by Crippen LogP contribution is -2.30. The minimum atomic E-state index is -0.0630. The summed E-state index contributed by atoms with van der Waals surface area (Å²) in [6.07, 6.45) is 8.70. The molecule has 14 heavy (non-hydrogen) atoms. The van der Waals surface area contributed by atoms with Gasteiger partial charge in [-0.1, -0.05) is 31.4 Å². The van der Waals surface area contributed by atoms with Crippen molar-refractivity contribution in [3.8, 4) is 0 Å². The van der Waals surface area contributed by atoms with Crippen LogP contribution in [-0.2, 0) is 4.79 Å². The molecule has 0 heterocycles. The van der Waals surface area contributed by atoms with Crippen LogP contribution in [0.1, 0.15) is 0 Å². The van der Waals surface area contributed by atoms with E-state index in [-0.39, 0.29) is 12.5 Å². The topological polar surface area (TPSA) is 41.1 Å². The zero-order valence-corrected chi connectivity index (χ0v) is 8.42. The summed E-state index contributed by atoms with van der Waals surface area (Å²) in [5, 5.41) is 5.47. The highest BCUT2D eigenvalue weighted by atomic mass is 16.1. The first-order valence-corrected chi connectivity index (χ1v) is 4.31. The van der Waals surface area contributed by atoms with Crippen LogP contribution < -0.4 is 10.6 Å². The fourth-order valence-corrected chi connectivity index (χ4v) is 0.743. The average Bonchev–Trinajstić information content (AvgIpc) is 2.21. The molecule has 76 valence electrons. The molecule has 0 radical (unpaired) electrons. The Bertz CT molecular complexity index is 264. The minimum absolute atomic E-state index is 0.0630. The molecule has 0 bridgehead atoms. The van der Waals surface area contributed by atoms with E-state index in [0.717, 1.165) is 5.70 Å². The van der Waals surface area contributed by atoms with Crippen molar-refractivity contribution in [2.75, 3.05) is 13.6 Å². The van der Waals surface area contributed by atoms with Crippen molar-refractivity contribution < 1.29 is 4.79 Å². The van der Waals surface area contributed by atoms with Crippen molar-refractivity contribution in [1.29, 1.82) is 0 Å². The van der Waals surface area contributed by atoms with E-state index in [0.29, 0.717) is 0 Å². The van der Waals surface area contributed by atoms with E-state index < -0.39 is 0 Å². The second-order valence-electron chi connectivity index (χ2n) is 2.48. The summed E-state index contributed by atoms with van der Waals surface area (Å²) in [4.78, 5) is 10.9. The van der Waals surface area contributed by atoms with E-state index in [9.17, 15) is 4.79 Å². The maximum atomic E-state index is 10.9. The van der Waals surface area contributed by atoms with E-state index in [2.05, 4.69) is 23.8 Å². The molecule has 0 spiro atoms. The molecule has 0 aromatic carbocycles. The molecule has 0 unspecified atom stereocenters. The lowest BCUT2D eigenvalue weighted by Gasteiger charge is -2.04. The Balaban J connectivity index is 4.17. The second-order valence-corrected chi connectivity index (χ2v) is 2.48. The van der Waals surface area contributed by atoms with Gasteiger partial charge in [0.1, 0.15) is 0 Å². The summed E-state index contributed by atoms with van der Waals surface area (Å²) in [6.45, 7) is 7.38. The highest BCUT2D eigenvalue weighted by Crippen LogP contribution is 1.92. The van der Waals surface area contributed by atoms with Crippen LogP contribution in [0.25, 0.3) is 0 Å². The third-order valence-corrected chi connectivity index (χ3v) is 1.44. The number of carbonyl (C=O) groups excluding carboxylic acids is 1. The Kier molecular flexibility index (Phi) is 6.86. The monoisotopic (exact) mass is 192 g/mol. The summed E-state index contributed by atoms with van der Waals surface area (Å²) in [7, 11) is 1.60. The predicted molar refractivity (Wildman–Crippen MR) is 59.7 cm³/mol. The molecule has 1 amide bonds. The average molecular weight is 192 g/mol. The Hall–Kier alpha value is -1.77. The van der Waals surface area contributed by atoms with Gasteiger partial charge in [0.15, 0.2) is 0 Å². The molecule has 0 rings (SSSR count). The van der Waals surface area contributed by atoms with Crippen LogP contribution >= 0.6 is 0 Å². The van der Waals surface area contributed by atoms with E-state index in [1.54, 1.807) is 31.4 Å². The van der Waals surface area contributed by atoms with Crippen LogP contribution in [0.3, 0.4) is 0 Å². The SMILES string of the molecule is C=C/C=C\C(=C/C=C)NCC(=O)NC. The van der Waals surface area contributed by atoms with Gasteiger partial charge in [-0.2, -0.15) is 0 Å². The van der Waals surface area contributed by atoms with Crippen LogP contribution in [0.2, 0.25) is 0 Å². The van der Waals surface area contributed by atoms with Crippen molar-refractivity contribution in [2.24, 2.45) is 0 Å². The summed E-state index contributed by atoms with van der Waals surface area (Å²) in [5.74, 6) is -0.0630. The van der Waals surface area contributed by atoms with Crippen molar-refractivity contribution in [1.82, 2.24) is 10.6 Å². The quantitative estimate of drug-likeness (QED) is 0.619. The molecule has 0 aromatic rings. The summed E-state index contributed by atoms with van der Waals surface area (Å²) >= 11 is 0. The predicted octanol–water partition coefficient (Wildman–Crippen LogP) is 1.13. The third-order valence-electron chi connectivity index (χ3n) is 1.44. The Morgan fingerprint density at radius 2 is 2.07 bits per heavy atom. The number of likely N-dealkylation sites (N-methyl/N-ethyl adjacent to an activating group) is 1. The lowest BCUT2D eigenvalue weighted by atomic mass is 10.3. The zero-order chi connectivity index (χ0) is 10.8. The van der Waals surface area contributed by atoms with Crippen LogP contribution in [-0.4, -0.2) is 19.5 Å². The molecule has 0 saturated carbocycles. The molecule has 0 saturated heterocycles. The number of nitrogens with one attached hydrogen (secondary N) is 2. The zero-order valence-electron chi connectivity index (χ0n) is 8.42. The van der Waals surface area contributed by atoms with Crippen LogP contribution in [0, 0.1) is 0 Å².